The second-order valence-corrected chi connectivity index (χ2v) is 10.1. The van der Waals surface area contributed by atoms with Crippen LogP contribution >= 0.6 is 0 Å². The molecule has 0 spiro atoms. The summed E-state index contributed by atoms with van der Waals surface area (Å²) in [4.78, 5) is 35.8. The van der Waals surface area contributed by atoms with Crippen LogP contribution in [0.15, 0.2) is 11.6 Å². The number of rotatable bonds is 7. The second kappa shape index (κ2) is 9.74. The second-order valence-electron chi connectivity index (χ2n) is 10.1. The number of carbonyl (C=O) groups excluding carboxylic acids is 3. The van der Waals surface area contributed by atoms with Crippen molar-refractivity contribution in [1.82, 2.24) is 0 Å². The number of carbonyl (C=O) groups is 3. The highest BCUT2D eigenvalue weighted by Crippen LogP contribution is 2.63. The van der Waals surface area contributed by atoms with E-state index in [2.05, 4.69) is 40.7 Å². The summed E-state index contributed by atoms with van der Waals surface area (Å²) >= 11 is 0. The minimum Gasteiger partial charge on any atom is -0.469 e. The molecule has 7 atom stereocenters. The highest BCUT2D eigenvalue weighted by molar-refractivity contribution is 5.69. The average molecular weight is 437 g/mol. The molecule has 2 aliphatic rings. The van der Waals surface area contributed by atoms with Crippen LogP contribution in [0, 0.1) is 28.6 Å². The Bertz CT molecular complexity index is 728. The zero-order valence-corrected chi connectivity index (χ0v) is 20.4. The van der Waals surface area contributed by atoms with Gasteiger partial charge in [-0.3, -0.25) is 14.4 Å². The zero-order valence-electron chi connectivity index (χ0n) is 20.4. The van der Waals surface area contributed by atoms with Crippen molar-refractivity contribution in [3.63, 3.8) is 0 Å². The lowest BCUT2D eigenvalue weighted by molar-refractivity contribution is -0.222. The van der Waals surface area contributed by atoms with Crippen LogP contribution < -0.4 is 0 Å². The fourth-order valence-corrected chi connectivity index (χ4v) is 6.15. The van der Waals surface area contributed by atoms with Gasteiger partial charge in [0, 0.05) is 31.6 Å². The third-order valence-electron chi connectivity index (χ3n) is 8.21. The SMILES string of the molecule is COC(=O)C[C@H](C)CC[C@@]1(C)[C@H](C)[C@@H](OC(C)=O)[C@H](OC(C)=O)[C@@]2(C)C(C)=CCC[C@H]12. The molecule has 6 nitrogen and oxygen atoms in total. The molecule has 0 aliphatic heterocycles. The topological polar surface area (TPSA) is 78.9 Å². The van der Waals surface area contributed by atoms with Gasteiger partial charge in [0.05, 0.1) is 7.11 Å². The Morgan fingerprint density at radius 1 is 1.16 bits per heavy atom. The number of fused-ring (bicyclic) bond motifs is 1. The van der Waals surface area contributed by atoms with Gasteiger partial charge in [-0.15, -0.1) is 0 Å². The monoisotopic (exact) mass is 436 g/mol. The highest BCUT2D eigenvalue weighted by atomic mass is 16.6. The molecule has 0 bridgehead atoms. The molecule has 0 aromatic carbocycles. The van der Waals surface area contributed by atoms with E-state index in [1.807, 2.05) is 0 Å². The fourth-order valence-electron chi connectivity index (χ4n) is 6.15. The molecule has 2 rings (SSSR count). The maximum atomic E-state index is 12.1. The number of allylic oxidation sites excluding steroid dienone is 1. The number of esters is 3. The van der Waals surface area contributed by atoms with E-state index in [4.69, 9.17) is 14.2 Å². The van der Waals surface area contributed by atoms with Crippen molar-refractivity contribution < 1.29 is 28.6 Å². The summed E-state index contributed by atoms with van der Waals surface area (Å²) in [6, 6.07) is 0. The van der Waals surface area contributed by atoms with E-state index in [9.17, 15) is 14.4 Å². The van der Waals surface area contributed by atoms with Gasteiger partial charge in [0.25, 0.3) is 0 Å². The van der Waals surface area contributed by atoms with Gasteiger partial charge >= 0.3 is 17.9 Å². The van der Waals surface area contributed by atoms with Crippen LogP contribution in [0.1, 0.15) is 80.6 Å². The van der Waals surface area contributed by atoms with E-state index in [1.54, 1.807) is 0 Å². The predicted octanol–water partition coefficient (Wildman–Crippen LogP) is 4.85. The molecule has 0 amide bonds. The summed E-state index contributed by atoms with van der Waals surface area (Å²) in [5, 5.41) is 0. The maximum absolute atomic E-state index is 12.1. The van der Waals surface area contributed by atoms with E-state index in [-0.39, 0.29) is 41.1 Å². The molecular formula is C25H40O6. The van der Waals surface area contributed by atoms with Crippen molar-refractivity contribution >= 4 is 17.9 Å². The summed E-state index contributed by atoms with van der Waals surface area (Å²) in [6.45, 7) is 13.6. The predicted molar refractivity (Wildman–Crippen MR) is 118 cm³/mol. The van der Waals surface area contributed by atoms with Gasteiger partial charge in [-0.05, 0) is 49.9 Å². The van der Waals surface area contributed by atoms with Gasteiger partial charge in [0.2, 0.25) is 0 Å². The van der Waals surface area contributed by atoms with Gasteiger partial charge in [0.15, 0.2) is 0 Å². The van der Waals surface area contributed by atoms with E-state index >= 15 is 0 Å². The summed E-state index contributed by atoms with van der Waals surface area (Å²) in [5.41, 5.74) is 0.621. The first-order chi connectivity index (χ1) is 14.4. The van der Waals surface area contributed by atoms with E-state index in [0.29, 0.717) is 6.42 Å². The van der Waals surface area contributed by atoms with E-state index in [0.717, 1.165) is 25.7 Å². The Labute approximate surface area is 187 Å². The van der Waals surface area contributed by atoms with Crippen LogP contribution in [0.3, 0.4) is 0 Å². The van der Waals surface area contributed by atoms with E-state index < -0.39 is 17.6 Å². The first-order valence-electron chi connectivity index (χ1n) is 11.5. The first-order valence-corrected chi connectivity index (χ1v) is 11.5. The lowest BCUT2D eigenvalue weighted by atomic mass is 9.45. The van der Waals surface area contributed by atoms with Crippen LogP contribution in [-0.4, -0.2) is 37.2 Å². The molecule has 0 saturated heterocycles. The van der Waals surface area contributed by atoms with Crippen molar-refractivity contribution in [2.45, 2.75) is 92.8 Å². The lowest BCUT2D eigenvalue weighted by Crippen LogP contribution is -2.64. The summed E-state index contributed by atoms with van der Waals surface area (Å²) in [5.74, 6) is -0.459. The van der Waals surface area contributed by atoms with Crippen molar-refractivity contribution in [3.05, 3.63) is 11.6 Å². The third-order valence-corrected chi connectivity index (χ3v) is 8.21. The smallest absolute Gasteiger partial charge is 0.305 e. The first kappa shape index (κ1) is 25.4. The molecule has 1 fully saturated rings. The molecule has 0 aromatic heterocycles. The van der Waals surface area contributed by atoms with Crippen LogP contribution in [0.2, 0.25) is 0 Å². The van der Waals surface area contributed by atoms with Gasteiger partial charge in [0.1, 0.15) is 12.2 Å². The zero-order chi connectivity index (χ0) is 23.6. The van der Waals surface area contributed by atoms with E-state index in [1.165, 1.54) is 26.5 Å². The molecule has 2 aliphatic carbocycles. The standard InChI is InChI=1S/C25H40O6/c1-15(14-21(28)29-8)12-13-24(6)17(3)22(30-18(4)26)23(31-19(5)27)25(7)16(2)10-9-11-20(24)25/h10,15,17,20,22-23H,9,11-14H2,1-8H3/t15-,17-,20-,22-,23+,24+,25+/m1/s1. The molecule has 176 valence electrons. The molecule has 1 saturated carbocycles. The van der Waals surface area contributed by atoms with Gasteiger partial charge < -0.3 is 14.2 Å². The van der Waals surface area contributed by atoms with Gasteiger partial charge in [-0.25, -0.2) is 0 Å². The molecule has 0 heterocycles. The van der Waals surface area contributed by atoms with Gasteiger partial charge in [-0.1, -0.05) is 39.3 Å². The minimum atomic E-state index is -0.523. The highest BCUT2D eigenvalue weighted by Gasteiger charge is 2.63. The van der Waals surface area contributed by atoms with Crippen molar-refractivity contribution in [2.24, 2.45) is 28.6 Å². The van der Waals surface area contributed by atoms with Crippen LogP contribution in [0.4, 0.5) is 0 Å². The maximum Gasteiger partial charge on any atom is 0.305 e. The van der Waals surface area contributed by atoms with Crippen molar-refractivity contribution in [3.8, 4) is 0 Å². The molecule has 31 heavy (non-hydrogen) atoms. The molecule has 0 radical (unpaired) electrons. The Hall–Kier alpha value is -1.85. The Morgan fingerprint density at radius 3 is 2.32 bits per heavy atom. The normalized spacial score (nSPS) is 35.9. The quantitative estimate of drug-likeness (QED) is 0.323. The number of hydrogen-bond donors (Lipinski definition) is 0. The van der Waals surface area contributed by atoms with Crippen LogP contribution in [0.25, 0.3) is 0 Å². The summed E-state index contributed by atoms with van der Waals surface area (Å²) in [7, 11) is 1.42. The number of hydrogen-bond acceptors (Lipinski definition) is 6. The Balaban J connectivity index is 2.46. The fraction of sp³-hybridized carbons (Fsp3) is 0.800. The van der Waals surface area contributed by atoms with Gasteiger partial charge in [-0.2, -0.15) is 0 Å². The Morgan fingerprint density at radius 2 is 1.77 bits per heavy atom. The molecule has 0 N–H and O–H groups in total. The molecule has 0 aromatic rings. The number of methoxy groups -OCH3 is 1. The number of ether oxygens (including phenoxy) is 3. The largest absolute Gasteiger partial charge is 0.469 e. The van der Waals surface area contributed by atoms with Crippen molar-refractivity contribution in [2.75, 3.05) is 7.11 Å². The third kappa shape index (κ3) is 4.98. The molecule has 6 heteroatoms. The summed E-state index contributed by atoms with van der Waals surface area (Å²) in [6.07, 6.45) is 5.32. The Kier molecular flexibility index (Phi) is 7.99. The molecule has 0 unspecified atom stereocenters. The van der Waals surface area contributed by atoms with Crippen LogP contribution in [-0.2, 0) is 28.6 Å². The van der Waals surface area contributed by atoms with Crippen molar-refractivity contribution in [1.29, 1.82) is 0 Å². The summed E-state index contributed by atoms with van der Waals surface area (Å²) < 4.78 is 16.6. The average Bonchev–Trinajstić information content (AvgIpc) is 2.68. The minimum absolute atomic E-state index is 0.00458. The lowest BCUT2D eigenvalue weighted by Gasteiger charge is -2.62. The van der Waals surface area contributed by atoms with Crippen LogP contribution in [0.5, 0.6) is 0 Å². The molecular weight excluding hydrogens is 396 g/mol.